The molecule has 0 radical (unpaired) electrons. The number of nitrogens with zero attached hydrogens (tertiary/aromatic N) is 3. The van der Waals surface area contributed by atoms with Crippen LogP contribution in [0.1, 0.15) is 16.7 Å². The maximum Gasteiger partial charge on any atom is 0.266 e. The Kier molecular flexibility index (Phi) is 8.51. The average molecular weight is 608 g/mol. The molecule has 4 aromatic carbocycles. The molecule has 0 N–H and O–H groups in total. The third-order valence-electron chi connectivity index (χ3n) is 6.84. The van der Waals surface area contributed by atoms with Crippen molar-refractivity contribution in [2.45, 2.75) is 13.0 Å². The minimum Gasteiger partial charge on any atom is -0.489 e. The molecule has 2 heterocycles. The summed E-state index contributed by atoms with van der Waals surface area (Å²) in [5.74, 6) is 0.669. The van der Waals surface area contributed by atoms with Gasteiger partial charge in [0.1, 0.15) is 16.7 Å². The summed E-state index contributed by atoms with van der Waals surface area (Å²) < 4.78 is 8.39. The number of hydrogen-bond donors (Lipinski definition) is 0. The van der Waals surface area contributed by atoms with Crippen molar-refractivity contribution in [3.63, 3.8) is 0 Å². The fourth-order valence-corrected chi connectivity index (χ4v) is 6.03. The van der Waals surface area contributed by atoms with Crippen molar-refractivity contribution < 1.29 is 9.53 Å². The molecule has 6 rings (SSSR count). The molecule has 1 saturated heterocycles. The largest absolute Gasteiger partial charge is 0.489 e. The summed E-state index contributed by atoms with van der Waals surface area (Å²) in [6.45, 7) is 0.982. The van der Waals surface area contributed by atoms with E-state index in [1.54, 1.807) is 4.90 Å². The van der Waals surface area contributed by atoms with Gasteiger partial charge in [0.05, 0.1) is 16.3 Å². The molecule has 0 saturated carbocycles. The zero-order chi connectivity index (χ0) is 28.9. The minimum absolute atomic E-state index is 0.0784. The summed E-state index contributed by atoms with van der Waals surface area (Å²) in [6, 6.07) is 35.5. The monoisotopic (exact) mass is 607 g/mol. The number of halogens is 1. The highest BCUT2D eigenvalue weighted by atomic mass is 35.5. The lowest BCUT2D eigenvalue weighted by atomic mass is 10.1. The highest BCUT2D eigenvalue weighted by molar-refractivity contribution is 8.26. The first kappa shape index (κ1) is 28.0. The molecule has 0 spiro atoms. The first-order valence-electron chi connectivity index (χ1n) is 13.5. The Balaban J connectivity index is 1.25. The van der Waals surface area contributed by atoms with Gasteiger partial charge >= 0.3 is 0 Å². The van der Waals surface area contributed by atoms with Gasteiger partial charge < -0.3 is 4.74 Å². The van der Waals surface area contributed by atoms with Crippen LogP contribution in [-0.4, -0.2) is 31.5 Å². The first-order chi connectivity index (χ1) is 20.5. The summed E-state index contributed by atoms with van der Waals surface area (Å²) in [5.41, 5.74) is 5.64. The van der Waals surface area contributed by atoms with E-state index in [9.17, 15) is 4.79 Å². The van der Waals surface area contributed by atoms with Gasteiger partial charge in [-0.15, -0.1) is 0 Å². The van der Waals surface area contributed by atoms with E-state index in [-0.39, 0.29) is 5.91 Å². The number of ether oxygens (including phenoxy) is 1. The second-order valence-corrected chi connectivity index (χ2v) is 11.8. The maximum absolute atomic E-state index is 13.4. The van der Waals surface area contributed by atoms with E-state index < -0.39 is 0 Å². The van der Waals surface area contributed by atoms with Crippen molar-refractivity contribution in [3.05, 3.63) is 142 Å². The molecule has 42 heavy (non-hydrogen) atoms. The highest BCUT2D eigenvalue weighted by Gasteiger charge is 2.32. The maximum atomic E-state index is 13.4. The van der Waals surface area contributed by atoms with Gasteiger partial charge in [-0.3, -0.25) is 9.69 Å². The molecule has 5 nitrogen and oxygen atoms in total. The number of thioether (sulfide) groups is 1. The molecule has 0 unspecified atom stereocenters. The van der Waals surface area contributed by atoms with Crippen LogP contribution in [0, 0.1) is 0 Å². The molecule has 1 amide bonds. The highest BCUT2D eigenvalue weighted by Crippen LogP contribution is 2.35. The van der Waals surface area contributed by atoms with Gasteiger partial charge in [0.25, 0.3) is 5.91 Å². The van der Waals surface area contributed by atoms with E-state index in [4.69, 9.17) is 33.7 Å². The quantitative estimate of drug-likeness (QED) is 0.125. The van der Waals surface area contributed by atoms with Crippen molar-refractivity contribution in [1.82, 2.24) is 14.7 Å². The number of para-hydroxylation sites is 1. The predicted octanol–water partition coefficient (Wildman–Crippen LogP) is 8.22. The fourth-order valence-electron chi connectivity index (χ4n) is 4.61. The zero-order valence-electron chi connectivity index (χ0n) is 22.5. The number of carbonyl (C=O) groups excluding carboxylic acids is 1. The van der Waals surface area contributed by atoms with Gasteiger partial charge in [0.15, 0.2) is 0 Å². The molecule has 0 bridgehead atoms. The van der Waals surface area contributed by atoms with E-state index in [0.717, 1.165) is 40.2 Å². The van der Waals surface area contributed by atoms with Crippen molar-refractivity contribution in [2.75, 3.05) is 6.54 Å². The van der Waals surface area contributed by atoms with Gasteiger partial charge in [0, 0.05) is 28.9 Å². The number of aromatic nitrogens is 2. The predicted molar refractivity (Wildman–Crippen MR) is 175 cm³/mol. The standard InChI is InChI=1S/C34H26ClN3O2S2/c35-28-15-11-25(12-16-28)23-40-30-17-13-26(14-18-30)32-27(22-38(36-32)29-9-5-2-6-10-29)21-31-33(39)37(34(41)42-31)20-19-24-7-3-1-4-8-24/h1-18,21-22H,19-20,23H2. The van der Waals surface area contributed by atoms with Crippen molar-refractivity contribution in [2.24, 2.45) is 0 Å². The van der Waals surface area contributed by atoms with E-state index in [0.29, 0.717) is 27.4 Å². The zero-order valence-corrected chi connectivity index (χ0v) is 24.9. The SMILES string of the molecule is O=C1C(=Cc2cn(-c3ccccc3)nc2-c2ccc(OCc3ccc(Cl)cc3)cc2)SC(=S)N1CCc1ccccc1. The second kappa shape index (κ2) is 12.8. The third kappa shape index (κ3) is 6.49. The van der Waals surface area contributed by atoms with Gasteiger partial charge in [-0.1, -0.05) is 96.2 Å². The molecule has 1 fully saturated rings. The van der Waals surface area contributed by atoms with E-state index in [1.165, 1.54) is 17.3 Å². The number of carbonyl (C=O) groups is 1. The molecule has 1 aliphatic rings. The van der Waals surface area contributed by atoms with Gasteiger partial charge in [0.2, 0.25) is 0 Å². The Labute approximate surface area is 259 Å². The smallest absolute Gasteiger partial charge is 0.266 e. The second-order valence-electron chi connectivity index (χ2n) is 9.72. The van der Waals surface area contributed by atoms with Crippen LogP contribution < -0.4 is 4.74 Å². The number of thiocarbonyl (C=S) groups is 1. The summed E-state index contributed by atoms with van der Waals surface area (Å²) in [6.07, 6.45) is 4.59. The summed E-state index contributed by atoms with van der Waals surface area (Å²) in [4.78, 5) is 15.7. The number of hydrogen-bond acceptors (Lipinski definition) is 5. The first-order valence-corrected chi connectivity index (χ1v) is 15.1. The van der Waals surface area contributed by atoms with Gasteiger partial charge in [-0.2, -0.15) is 5.10 Å². The van der Waals surface area contributed by atoms with Crippen LogP contribution in [0.2, 0.25) is 5.02 Å². The topological polar surface area (TPSA) is 47.4 Å². The lowest BCUT2D eigenvalue weighted by Crippen LogP contribution is -2.30. The van der Waals surface area contributed by atoms with Crippen molar-refractivity contribution in [1.29, 1.82) is 0 Å². The molecular weight excluding hydrogens is 582 g/mol. The Morgan fingerprint density at radius 2 is 1.55 bits per heavy atom. The van der Waals surface area contributed by atoms with E-state index >= 15 is 0 Å². The van der Waals surface area contributed by atoms with Crippen LogP contribution in [0.3, 0.4) is 0 Å². The van der Waals surface area contributed by atoms with Crippen LogP contribution >= 0.6 is 35.6 Å². The molecule has 0 aliphatic carbocycles. The fraction of sp³-hybridized carbons (Fsp3) is 0.0882. The molecule has 8 heteroatoms. The molecule has 0 atom stereocenters. The Hall–Kier alpha value is -4.17. The van der Waals surface area contributed by atoms with E-state index in [2.05, 4.69) is 12.1 Å². The number of amides is 1. The van der Waals surface area contributed by atoms with Crippen LogP contribution in [0.4, 0.5) is 0 Å². The van der Waals surface area contributed by atoms with Crippen molar-refractivity contribution in [3.8, 4) is 22.7 Å². The van der Waals surface area contributed by atoms with Gasteiger partial charge in [-0.05, 0) is 72.2 Å². The average Bonchev–Trinajstić information content (AvgIpc) is 3.56. The van der Waals surface area contributed by atoms with Crippen molar-refractivity contribution >= 4 is 51.9 Å². The minimum atomic E-state index is -0.0784. The van der Waals surface area contributed by atoms with Gasteiger partial charge in [-0.25, -0.2) is 4.68 Å². The molecule has 1 aliphatic heterocycles. The number of rotatable bonds is 9. The summed E-state index contributed by atoms with van der Waals surface area (Å²) >= 11 is 12.9. The molecule has 5 aromatic rings. The van der Waals surface area contributed by atoms with E-state index in [1.807, 2.05) is 114 Å². The lowest BCUT2D eigenvalue weighted by molar-refractivity contribution is -0.122. The summed E-state index contributed by atoms with van der Waals surface area (Å²) in [5, 5.41) is 5.61. The Morgan fingerprint density at radius 1 is 0.857 bits per heavy atom. The van der Waals surface area contributed by atoms with Crippen LogP contribution in [0.25, 0.3) is 23.0 Å². The molecule has 1 aromatic heterocycles. The Morgan fingerprint density at radius 3 is 2.26 bits per heavy atom. The normalized spacial score (nSPS) is 14.1. The van der Waals surface area contributed by atoms with Crippen LogP contribution in [0.15, 0.2) is 120 Å². The molecule has 208 valence electrons. The molecular formula is C34H26ClN3O2S2. The lowest BCUT2D eigenvalue weighted by Gasteiger charge is -2.14. The summed E-state index contributed by atoms with van der Waals surface area (Å²) in [7, 11) is 0. The van der Waals surface area contributed by atoms with Crippen LogP contribution in [-0.2, 0) is 17.8 Å². The third-order valence-corrected chi connectivity index (χ3v) is 8.47. The van der Waals surface area contributed by atoms with Crippen LogP contribution in [0.5, 0.6) is 5.75 Å². The Bertz CT molecular complexity index is 1740. The number of benzene rings is 4.